The Balaban J connectivity index is 2.29. The van der Waals surface area contributed by atoms with Gasteiger partial charge in [-0.15, -0.1) is 0 Å². The van der Waals surface area contributed by atoms with Crippen molar-refractivity contribution in [3.8, 4) is 0 Å². The Bertz CT molecular complexity index is 401. The fourth-order valence-electron chi connectivity index (χ4n) is 2.63. The lowest BCUT2D eigenvalue weighted by atomic mass is 9.84. The number of hydrogen-bond donors (Lipinski definition) is 1. The summed E-state index contributed by atoms with van der Waals surface area (Å²) in [5.41, 5.74) is 8.59. The number of halogens is 1. The Morgan fingerprint density at radius 3 is 2.82 bits per heavy atom. The van der Waals surface area contributed by atoms with Gasteiger partial charge in [0, 0.05) is 30.3 Å². The van der Waals surface area contributed by atoms with Gasteiger partial charge in [0.15, 0.2) is 0 Å². The maximum atomic E-state index is 6.10. The molecule has 2 rings (SSSR count). The lowest BCUT2D eigenvalue weighted by Gasteiger charge is -2.40. The number of hydrogen-bond acceptors (Lipinski definition) is 2. The van der Waals surface area contributed by atoms with Crippen molar-refractivity contribution in [3.05, 3.63) is 28.8 Å². The monoisotopic (exact) mass is 252 g/mol. The van der Waals surface area contributed by atoms with Crippen molar-refractivity contribution in [2.45, 2.75) is 33.2 Å². The van der Waals surface area contributed by atoms with Crippen LogP contribution in [0.4, 0.5) is 5.69 Å². The summed E-state index contributed by atoms with van der Waals surface area (Å²) < 4.78 is 0. The fourth-order valence-corrected chi connectivity index (χ4v) is 2.80. The van der Waals surface area contributed by atoms with Crippen LogP contribution in [0.15, 0.2) is 18.2 Å². The molecule has 0 spiro atoms. The van der Waals surface area contributed by atoms with Gasteiger partial charge in [-0.1, -0.05) is 31.5 Å². The van der Waals surface area contributed by atoms with Gasteiger partial charge in [-0.25, -0.2) is 0 Å². The molecule has 1 saturated heterocycles. The highest BCUT2D eigenvalue weighted by atomic mass is 35.5. The first-order valence-corrected chi connectivity index (χ1v) is 6.63. The van der Waals surface area contributed by atoms with E-state index in [1.54, 1.807) is 0 Å². The van der Waals surface area contributed by atoms with Crippen LogP contribution in [-0.4, -0.2) is 13.1 Å². The molecular weight excluding hydrogens is 232 g/mol. The standard InChI is InChI=1S/C14H21ClN2/c1-14(2)6-3-7-17(10-14)13-8-12(15)5-4-11(13)9-16/h4-5,8H,3,6-7,9-10,16H2,1-2H3. The Hall–Kier alpha value is -0.730. The molecule has 3 heteroatoms. The molecule has 0 aromatic heterocycles. The van der Waals surface area contributed by atoms with Crippen LogP contribution in [0.1, 0.15) is 32.3 Å². The molecule has 1 fully saturated rings. The summed E-state index contributed by atoms with van der Waals surface area (Å²) in [5, 5.41) is 0.792. The van der Waals surface area contributed by atoms with E-state index in [0.717, 1.165) is 18.1 Å². The number of piperidine rings is 1. The van der Waals surface area contributed by atoms with Gasteiger partial charge in [0.2, 0.25) is 0 Å². The molecule has 1 aliphatic rings. The number of nitrogens with two attached hydrogens (primary N) is 1. The van der Waals surface area contributed by atoms with Gasteiger partial charge in [0.05, 0.1) is 0 Å². The average Bonchev–Trinajstić information content (AvgIpc) is 2.27. The zero-order valence-electron chi connectivity index (χ0n) is 10.7. The van der Waals surface area contributed by atoms with Gasteiger partial charge >= 0.3 is 0 Å². The SMILES string of the molecule is CC1(C)CCCN(c2cc(Cl)ccc2CN)C1. The Kier molecular flexibility index (Phi) is 3.64. The maximum Gasteiger partial charge on any atom is 0.0426 e. The van der Waals surface area contributed by atoms with Crippen molar-refractivity contribution in [1.29, 1.82) is 0 Å². The topological polar surface area (TPSA) is 29.3 Å². The molecule has 2 N–H and O–H groups in total. The molecule has 0 aliphatic carbocycles. The molecule has 0 unspecified atom stereocenters. The molecule has 94 valence electrons. The average molecular weight is 253 g/mol. The highest BCUT2D eigenvalue weighted by molar-refractivity contribution is 6.30. The minimum Gasteiger partial charge on any atom is -0.371 e. The summed E-state index contributed by atoms with van der Waals surface area (Å²) in [7, 11) is 0. The molecule has 1 aromatic carbocycles. The smallest absolute Gasteiger partial charge is 0.0426 e. The van der Waals surface area contributed by atoms with Crippen LogP contribution < -0.4 is 10.6 Å². The Labute approximate surface area is 109 Å². The second-order valence-corrected chi connectivity index (χ2v) is 6.10. The summed E-state index contributed by atoms with van der Waals surface area (Å²) in [6, 6.07) is 6.01. The summed E-state index contributed by atoms with van der Waals surface area (Å²) in [5.74, 6) is 0. The molecule has 1 heterocycles. The van der Waals surface area contributed by atoms with Crippen LogP contribution in [-0.2, 0) is 6.54 Å². The van der Waals surface area contributed by atoms with Crippen LogP contribution in [0.3, 0.4) is 0 Å². The lowest BCUT2D eigenvalue weighted by Crippen LogP contribution is -2.40. The highest BCUT2D eigenvalue weighted by Gasteiger charge is 2.27. The van der Waals surface area contributed by atoms with Gasteiger partial charge < -0.3 is 10.6 Å². The minimum atomic E-state index is 0.381. The molecule has 1 aliphatic heterocycles. The van der Waals surface area contributed by atoms with Crippen molar-refractivity contribution in [2.24, 2.45) is 11.1 Å². The summed E-state index contributed by atoms with van der Waals surface area (Å²) in [6.07, 6.45) is 2.53. The largest absolute Gasteiger partial charge is 0.371 e. The molecule has 0 saturated carbocycles. The van der Waals surface area contributed by atoms with Crippen LogP contribution >= 0.6 is 11.6 Å². The minimum absolute atomic E-state index is 0.381. The first-order valence-electron chi connectivity index (χ1n) is 6.25. The quantitative estimate of drug-likeness (QED) is 0.874. The molecule has 0 amide bonds. The van der Waals surface area contributed by atoms with Gasteiger partial charge in [-0.05, 0) is 36.0 Å². The third kappa shape index (κ3) is 2.93. The van der Waals surface area contributed by atoms with E-state index in [1.165, 1.54) is 24.1 Å². The van der Waals surface area contributed by atoms with Gasteiger partial charge in [-0.2, -0.15) is 0 Å². The van der Waals surface area contributed by atoms with Crippen LogP contribution in [0.2, 0.25) is 5.02 Å². The predicted molar refractivity (Wildman–Crippen MR) is 74.6 cm³/mol. The first-order chi connectivity index (χ1) is 8.02. The van der Waals surface area contributed by atoms with Gasteiger partial charge in [-0.3, -0.25) is 0 Å². The number of nitrogens with zero attached hydrogens (tertiary/aromatic N) is 1. The molecule has 0 atom stereocenters. The van der Waals surface area contributed by atoms with E-state index in [2.05, 4.69) is 18.7 Å². The predicted octanol–water partition coefficient (Wildman–Crippen LogP) is 3.43. The second-order valence-electron chi connectivity index (χ2n) is 5.67. The van der Waals surface area contributed by atoms with Crippen LogP contribution in [0, 0.1) is 5.41 Å². The summed E-state index contributed by atoms with van der Waals surface area (Å²) in [6.45, 7) is 7.41. The van der Waals surface area contributed by atoms with Crippen molar-refractivity contribution < 1.29 is 0 Å². The molecule has 1 aromatic rings. The first kappa shape index (κ1) is 12.7. The van der Waals surface area contributed by atoms with Crippen LogP contribution in [0.25, 0.3) is 0 Å². The van der Waals surface area contributed by atoms with Crippen molar-refractivity contribution >= 4 is 17.3 Å². The number of rotatable bonds is 2. The van der Waals surface area contributed by atoms with E-state index in [4.69, 9.17) is 17.3 Å². The molecular formula is C14H21ClN2. The van der Waals surface area contributed by atoms with E-state index in [-0.39, 0.29) is 0 Å². The van der Waals surface area contributed by atoms with Crippen molar-refractivity contribution in [2.75, 3.05) is 18.0 Å². The fraction of sp³-hybridized carbons (Fsp3) is 0.571. The molecule has 17 heavy (non-hydrogen) atoms. The highest BCUT2D eigenvalue weighted by Crippen LogP contribution is 2.34. The summed E-state index contributed by atoms with van der Waals surface area (Å²) >= 11 is 6.10. The molecule has 0 bridgehead atoms. The van der Waals surface area contributed by atoms with E-state index >= 15 is 0 Å². The van der Waals surface area contributed by atoms with Crippen molar-refractivity contribution in [1.82, 2.24) is 0 Å². The zero-order chi connectivity index (χ0) is 12.5. The van der Waals surface area contributed by atoms with E-state index < -0.39 is 0 Å². The second kappa shape index (κ2) is 4.87. The van der Waals surface area contributed by atoms with Crippen LogP contribution in [0.5, 0.6) is 0 Å². The van der Waals surface area contributed by atoms with Gasteiger partial charge in [0.1, 0.15) is 0 Å². The van der Waals surface area contributed by atoms with E-state index in [9.17, 15) is 0 Å². The third-order valence-corrected chi connectivity index (χ3v) is 3.74. The lowest BCUT2D eigenvalue weighted by molar-refractivity contribution is 0.293. The number of benzene rings is 1. The summed E-state index contributed by atoms with van der Waals surface area (Å²) in [4.78, 5) is 2.43. The molecule has 0 radical (unpaired) electrons. The maximum absolute atomic E-state index is 6.10. The number of anilines is 1. The molecule has 2 nitrogen and oxygen atoms in total. The van der Waals surface area contributed by atoms with E-state index in [1.807, 2.05) is 18.2 Å². The zero-order valence-corrected chi connectivity index (χ0v) is 11.4. The third-order valence-electron chi connectivity index (χ3n) is 3.51. The Morgan fingerprint density at radius 2 is 2.18 bits per heavy atom. The Morgan fingerprint density at radius 1 is 1.41 bits per heavy atom. The van der Waals surface area contributed by atoms with Gasteiger partial charge in [0.25, 0.3) is 0 Å². The van der Waals surface area contributed by atoms with E-state index in [0.29, 0.717) is 12.0 Å². The van der Waals surface area contributed by atoms with Crippen molar-refractivity contribution in [3.63, 3.8) is 0 Å². The normalized spacial score (nSPS) is 19.4.